The van der Waals surface area contributed by atoms with Gasteiger partial charge in [0.05, 0.1) is 5.56 Å². The van der Waals surface area contributed by atoms with Crippen molar-refractivity contribution in [2.75, 3.05) is 10.6 Å². The number of hydrogen-bond acceptors (Lipinski definition) is 3. The molecule has 136 valence electrons. The van der Waals surface area contributed by atoms with Crippen molar-refractivity contribution in [3.63, 3.8) is 0 Å². The lowest BCUT2D eigenvalue weighted by Gasteiger charge is -2.12. The first kappa shape index (κ1) is 18.2. The molecular weight excluding hydrogens is 340 g/mol. The van der Waals surface area contributed by atoms with E-state index in [0.717, 1.165) is 5.56 Å². The highest BCUT2D eigenvalue weighted by Crippen LogP contribution is 2.21. The van der Waals surface area contributed by atoms with E-state index in [1.807, 2.05) is 36.4 Å². The Morgan fingerprint density at radius 2 is 1.37 bits per heavy atom. The average Bonchev–Trinajstić information content (AvgIpc) is 2.68. The SMILES string of the molecule is CC(=O)Nc1ccc(NC(=O)c2ccccc2OCc2ccccc2)cc1. The van der Waals surface area contributed by atoms with Gasteiger partial charge in [-0.15, -0.1) is 0 Å². The van der Waals surface area contributed by atoms with Gasteiger partial charge in [0, 0.05) is 18.3 Å². The molecule has 0 saturated carbocycles. The third-order valence-corrected chi connectivity index (χ3v) is 3.83. The van der Waals surface area contributed by atoms with Crippen LogP contribution in [0.15, 0.2) is 78.9 Å². The van der Waals surface area contributed by atoms with Gasteiger partial charge >= 0.3 is 0 Å². The van der Waals surface area contributed by atoms with E-state index in [1.54, 1.807) is 42.5 Å². The fraction of sp³-hybridized carbons (Fsp3) is 0.0909. The van der Waals surface area contributed by atoms with Crippen molar-refractivity contribution >= 4 is 23.2 Å². The summed E-state index contributed by atoms with van der Waals surface area (Å²) in [5.41, 5.74) is 2.79. The molecule has 27 heavy (non-hydrogen) atoms. The highest BCUT2D eigenvalue weighted by molar-refractivity contribution is 6.06. The minimum Gasteiger partial charge on any atom is -0.488 e. The fourth-order valence-corrected chi connectivity index (χ4v) is 2.55. The summed E-state index contributed by atoms with van der Waals surface area (Å²) < 4.78 is 5.84. The molecule has 5 heteroatoms. The number of carbonyl (C=O) groups excluding carboxylic acids is 2. The van der Waals surface area contributed by atoms with Crippen molar-refractivity contribution in [1.82, 2.24) is 0 Å². The predicted molar refractivity (Wildman–Crippen MR) is 106 cm³/mol. The second-order valence-electron chi connectivity index (χ2n) is 5.98. The zero-order valence-electron chi connectivity index (χ0n) is 14.9. The first-order valence-electron chi connectivity index (χ1n) is 8.56. The van der Waals surface area contributed by atoms with Gasteiger partial charge in [0.15, 0.2) is 0 Å². The summed E-state index contributed by atoms with van der Waals surface area (Å²) in [4.78, 5) is 23.7. The zero-order valence-corrected chi connectivity index (χ0v) is 14.9. The maximum atomic E-state index is 12.6. The van der Waals surface area contributed by atoms with E-state index < -0.39 is 0 Å². The molecule has 0 bridgehead atoms. The van der Waals surface area contributed by atoms with Gasteiger partial charge in [-0.1, -0.05) is 42.5 Å². The van der Waals surface area contributed by atoms with Crippen molar-refractivity contribution in [2.24, 2.45) is 0 Å². The van der Waals surface area contributed by atoms with Crippen molar-refractivity contribution < 1.29 is 14.3 Å². The number of para-hydroxylation sites is 1. The van der Waals surface area contributed by atoms with Crippen LogP contribution in [0.5, 0.6) is 5.75 Å². The number of amides is 2. The van der Waals surface area contributed by atoms with Crippen molar-refractivity contribution in [3.05, 3.63) is 90.0 Å². The van der Waals surface area contributed by atoms with Gasteiger partial charge in [-0.3, -0.25) is 9.59 Å². The Kier molecular flexibility index (Phi) is 5.84. The van der Waals surface area contributed by atoms with Gasteiger partial charge in [-0.2, -0.15) is 0 Å². The molecule has 2 N–H and O–H groups in total. The Balaban J connectivity index is 1.68. The van der Waals surface area contributed by atoms with Crippen molar-refractivity contribution in [2.45, 2.75) is 13.5 Å². The molecule has 0 heterocycles. The third-order valence-electron chi connectivity index (χ3n) is 3.83. The Bertz CT molecular complexity index is 922. The van der Waals surface area contributed by atoms with Crippen molar-refractivity contribution in [3.8, 4) is 5.75 Å². The van der Waals surface area contributed by atoms with Crippen LogP contribution in [0, 0.1) is 0 Å². The number of hydrogen-bond donors (Lipinski definition) is 2. The number of benzene rings is 3. The van der Waals surface area contributed by atoms with Crippen LogP contribution in [0.1, 0.15) is 22.8 Å². The van der Waals surface area contributed by atoms with E-state index in [1.165, 1.54) is 6.92 Å². The standard InChI is InChI=1S/C22H20N2O3/c1-16(25)23-18-11-13-19(14-12-18)24-22(26)20-9-5-6-10-21(20)27-15-17-7-3-2-4-8-17/h2-14H,15H2,1H3,(H,23,25)(H,24,26). The molecule has 0 aromatic heterocycles. The summed E-state index contributed by atoms with van der Waals surface area (Å²) in [6, 6.07) is 23.8. The summed E-state index contributed by atoms with van der Waals surface area (Å²) in [5.74, 6) is 0.121. The molecule has 0 aliphatic carbocycles. The molecule has 0 aliphatic rings. The second-order valence-corrected chi connectivity index (χ2v) is 5.98. The monoisotopic (exact) mass is 360 g/mol. The maximum Gasteiger partial charge on any atom is 0.259 e. The minimum absolute atomic E-state index is 0.142. The van der Waals surface area contributed by atoms with Crippen LogP contribution in [-0.2, 0) is 11.4 Å². The van der Waals surface area contributed by atoms with Gasteiger partial charge in [0.2, 0.25) is 5.91 Å². The lowest BCUT2D eigenvalue weighted by atomic mass is 10.1. The molecular formula is C22H20N2O3. The minimum atomic E-state index is -0.258. The lowest BCUT2D eigenvalue weighted by molar-refractivity contribution is -0.114. The zero-order chi connectivity index (χ0) is 19.1. The largest absolute Gasteiger partial charge is 0.488 e. The summed E-state index contributed by atoms with van der Waals surface area (Å²) >= 11 is 0. The molecule has 0 saturated heterocycles. The van der Waals surface area contributed by atoms with Crippen LogP contribution in [0.2, 0.25) is 0 Å². The van der Waals surface area contributed by atoms with Crippen LogP contribution >= 0.6 is 0 Å². The van der Waals surface area contributed by atoms with E-state index in [9.17, 15) is 9.59 Å². The molecule has 0 aliphatic heterocycles. The van der Waals surface area contributed by atoms with E-state index in [0.29, 0.717) is 29.3 Å². The van der Waals surface area contributed by atoms with E-state index in [2.05, 4.69) is 10.6 Å². The number of anilines is 2. The first-order valence-corrected chi connectivity index (χ1v) is 8.56. The quantitative estimate of drug-likeness (QED) is 0.681. The second kappa shape index (κ2) is 8.67. The van der Waals surface area contributed by atoms with Gasteiger partial charge in [0.25, 0.3) is 5.91 Å². The average molecular weight is 360 g/mol. The molecule has 0 fully saturated rings. The van der Waals surface area contributed by atoms with E-state index in [-0.39, 0.29) is 11.8 Å². The van der Waals surface area contributed by atoms with Gasteiger partial charge in [-0.25, -0.2) is 0 Å². The number of rotatable bonds is 6. The van der Waals surface area contributed by atoms with Crippen LogP contribution in [0.3, 0.4) is 0 Å². The molecule has 5 nitrogen and oxygen atoms in total. The van der Waals surface area contributed by atoms with Crippen molar-refractivity contribution in [1.29, 1.82) is 0 Å². The molecule has 3 aromatic rings. The fourth-order valence-electron chi connectivity index (χ4n) is 2.55. The summed E-state index contributed by atoms with van der Waals surface area (Å²) in [7, 11) is 0. The molecule has 2 amide bonds. The van der Waals surface area contributed by atoms with Gasteiger partial charge in [0.1, 0.15) is 12.4 Å². The maximum absolute atomic E-state index is 12.6. The predicted octanol–water partition coefficient (Wildman–Crippen LogP) is 4.48. The lowest BCUT2D eigenvalue weighted by Crippen LogP contribution is -2.14. The highest BCUT2D eigenvalue weighted by Gasteiger charge is 2.12. The molecule has 0 unspecified atom stereocenters. The number of carbonyl (C=O) groups is 2. The number of nitrogens with one attached hydrogen (secondary N) is 2. The molecule has 0 spiro atoms. The summed E-state index contributed by atoms with van der Waals surface area (Å²) in [5, 5.41) is 5.53. The van der Waals surface area contributed by atoms with E-state index >= 15 is 0 Å². The topological polar surface area (TPSA) is 67.4 Å². The Morgan fingerprint density at radius 1 is 0.778 bits per heavy atom. The Labute approximate surface area is 158 Å². The Hall–Kier alpha value is -3.60. The van der Waals surface area contributed by atoms with E-state index in [4.69, 9.17) is 4.74 Å². The van der Waals surface area contributed by atoms with Gasteiger partial charge < -0.3 is 15.4 Å². The number of ether oxygens (including phenoxy) is 1. The molecule has 0 radical (unpaired) electrons. The van der Waals surface area contributed by atoms with Crippen LogP contribution in [0.25, 0.3) is 0 Å². The van der Waals surface area contributed by atoms with Gasteiger partial charge in [-0.05, 0) is 42.0 Å². The normalized spacial score (nSPS) is 10.1. The van der Waals surface area contributed by atoms with Crippen LogP contribution in [0.4, 0.5) is 11.4 Å². The summed E-state index contributed by atoms with van der Waals surface area (Å²) in [6.07, 6.45) is 0. The van der Waals surface area contributed by atoms with Crippen LogP contribution in [-0.4, -0.2) is 11.8 Å². The first-order chi connectivity index (χ1) is 13.1. The molecule has 3 rings (SSSR count). The molecule has 3 aromatic carbocycles. The third kappa shape index (κ3) is 5.19. The smallest absolute Gasteiger partial charge is 0.259 e. The highest BCUT2D eigenvalue weighted by atomic mass is 16.5. The molecule has 0 atom stereocenters. The van der Waals surface area contributed by atoms with Crippen LogP contribution < -0.4 is 15.4 Å². The Morgan fingerprint density at radius 3 is 2.04 bits per heavy atom. The summed E-state index contributed by atoms with van der Waals surface area (Å²) in [6.45, 7) is 1.83.